The lowest BCUT2D eigenvalue weighted by molar-refractivity contribution is 0.573. The molecule has 2 aromatic rings. The van der Waals surface area contributed by atoms with Gasteiger partial charge < -0.3 is 5.32 Å². The molecule has 1 heterocycles. The third-order valence-electron chi connectivity index (χ3n) is 3.06. The third kappa shape index (κ3) is 3.66. The van der Waals surface area contributed by atoms with Gasteiger partial charge in [0, 0.05) is 31.4 Å². The number of sulfonamides is 1. The van der Waals surface area contributed by atoms with Crippen molar-refractivity contribution in [1.29, 1.82) is 0 Å². The molecule has 0 aliphatic carbocycles. The first-order valence-corrected chi connectivity index (χ1v) is 7.74. The van der Waals surface area contributed by atoms with Gasteiger partial charge in [-0.15, -0.1) is 0 Å². The van der Waals surface area contributed by atoms with Crippen LogP contribution in [0.4, 0.5) is 0 Å². The number of aromatic nitrogens is 2. The zero-order valence-electron chi connectivity index (χ0n) is 11.4. The fourth-order valence-corrected chi connectivity index (χ4v) is 2.47. The van der Waals surface area contributed by atoms with Crippen LogP contribution in [0.15, 0.2) is 41.6 Å². The quantitative estimate of drug-likeness (QED) is 0.858. The maximum Gasteiger partial charge on any atom is 0.238 e. The van der Waals surface area contributed by atoms with Crippen LogP contribution in [0.5, 0.6) is 0 Å². The number of rotatable bonds is 5. The van der Waals surface area contributed by atoms with Gasteiger partial charge in [0.2, 0.25) is 10.0 Å². The fraction of sp³-hybridized carbons (Fsp3) is 0.308. The minimum atomic E-state index is -3.65. The predicted molar refractivity (Wildman–Crippen MR) is 76.3 cm³/mol. The van der Waals surface area contributed by atoms with Crippen molar-refractivity contribution in [3.8, 4) is 0 Å². The molecule has 6 nitrogen and oxygen atoms in total. The number of nitrogens with two attached hydrogens (primary N) is 1. The Morgan fingerprint density at radius 1 is 1.45 bits per heavy atom. The molecule has 2 rings (SSSR count). The van der Waals surface area contributed by atoms with E-state index in [0.29, 0.717) is 6.54 Å². The monoisotopic (exact) mass is 294 g/mol. The molecule has 0 bridgehead atoms. The number of nitrogens with one attached hydrogen (secondary N) is 1. The molecule has 0 fully saturated rings. The molecule has 7 heteroatoms. The van der Waals surface area contributed by atoms with Gasteiger partial charge in [0.1, 0.15) is 0 Å². The van der Waals surface area contributed by atoms with Crippen LogP contribution in [0.3, 0.4) is 0 Å². The minimum Gasteiger partial charge on any atom is -0.306 e. The largest absolute Gasteiger partial charge is 0.306 e. The molecule has 3 N–H and O–H groups in total. The van der Waals surface area contributed by atoms with E-state index in [1.165, 1.54) is 6.07 Å². The number of hydrogen-bond donors (Lipinski definition) is 2. The van der Waals surface area contributed by atoms with Crippen molar-refractivity contribution in [2.24, 2.45) is 12.2 Å². The van der Waals surface area contributed by atoms with E-state index in [9.17, 15) is 8.42 Å². The lowest BCUT2D eigenvalue weighted by atomic mass is 10.1. The van der Waals surface area contributed by atoms with E-state index in [-0.39, 0.29) is 10.9 Å². The van der Waals surface area contributed by atoms with Crippen molar-refractivity contribution in [2.75, 3.05) is 0 Å². The summed E-state index contributed by atoms with van der Waals surface area (Å²) in [7, 11) is -1.79. The lowest BCUT2D eigenvalue weighted by Gasteiger charge is -2.12. The van der Waals surface area contributed by atoms with Crippen LogP contribution in [-0.2, 0) is 23.6 Å². The number of nitrogens with zero attached hydrogens (tertiary/aromatic N) is 2. The maximum absolute atomic E-state index is 11.3. The van der Waals surface area contributed by atoms with Crippen molar-refractivity contribution >= 4 is 10.0 Å². The van der Waals surface area contributed by atoms with Gasteiger partial charge in [0.15, 0.2) is 0 Å². The van der Waals surface area contributed by atoms with Gasteiger partial charge in [0.25, 0.3) is 0 Å². The van der Waals surface area contributed by atoms with Crippen LogP contribution >= 0.6 is 0 Å². The highest BCUT2D eigenvalue weighted by atomic mass is 32.2. The van der Waals surface area contributed by atoms with Gasteiger partial charge in [-0.3, -0.25) is 4.68 Å². The lowest BCUT2D eigenvalue weighted by Crippen LogP contribution is -2.18. The first-order valence-electron chi connectivity index (χ1n) is 6.20. The van der Waals surface area contributed by atoms with Gasteiger partial charge in [-0.2, -0.15) is 5.10 Å². The van der Waals surface area contributed by atoms with Crippen molar-refractivity contribution < 1.29 is 8.42 Å². The van der Waals surface area contributed by atoms with E-state index in [0.717, 1.165) is 11.1 Å². The molecule has 1 atom stereocenters. The average molecular weight is 294 g/mol. The first kappa shape index (κ1) is 14.7. The Labute approximate surface area is 118 Å². The van der Waals surface area contributed by atoms with E-state index in [4.69, 9.17) is 5.14 Å². The van der Waals surface area contributed by atoms with Gasteiger partial charge in [-0.05, 0) is 24.6 Å². The van der Waals surface area contributed by atoms with Crippen LogP contribution in [0.2, 0.25) is 0 Å². The molecular formula is C13H18N4O2S. The predicted octanol–water partition coefficient (Wildman–Crippen LogP) is 0.918. The Morgan fingerprint density at radius 3 is 2.80 bits per heavy atom. The third-order valence-corrected chi connectivity index (χ3v) is 3.98. The summed E-state index contributed by atoms with van der Waals surface area (Å²) in [5.74, 6) is 0. The number of benzene rings is 1. The summed E-state index contributed by atoms with van der Waals surface area (Å²) in [5, 5.41) is 12.6. The normalized spacial score (nSPS) is 13.3. The van der Waals surface area contributed by atoms with Crippen molar-refractivity contribution in [3.05, 3.63) is 47.8 Å². The first-order chi connectivity index (χ1) is 9.36. The standard InChI is InChI=1S/C13H18N4O2S/c1-10(12-8-16-17(2)9-12)15-7-11-4-3-5-13(6-11)20(14,18)19/h3-6,8-10,15H,7H2,1-2H3,(H2,14,18,19). The van der Waals surface area contributed by atoms with E-state index >= 15 is 0 Å². The Kier molecular flexibility index (Phi) is 4.22. The zero-order chi connectivity index (χ0) is 14.8. The molecule has 0 aliphatic heterocycles. The highest BCUT2D eigenvalue weighted by Gasteiger charge is 2.10. The van der Waals surface area contributed by atoms with Crippen LogP contribution in [0.25, 0.3) is 0 Å². The summed E-state index contributed by atoms with van der Waals surface area (Å²) in [6.07, 6.45) is 3.75. The number of primary sulfonamides is 1. The molecule has 1 aromatic carbocycles. The summed E-state index contributed by atoms with van der Waals surface area (Å²) < 4.78 is 24.3. The second-order valence-corrected chi connectivity index (χ2v) is 6.30. The number of hydrogen-bond acceptors (Lipinski definition) is 4. The van der Waals surface area contributed by atoms with Gasteiger partial charge >= 0.3 is 0 Å². The molecule has 0 amide bonds. The minimum absolute atomic E-state index is 0.127. The average Bonchev–Trinajstić information content (AvgIpc) is 2.82. The zero-order valence-corrected chi connectivity index (χ0v) is 12.3. The second kappa shape index (κ2) is 5.74. The van der Waals surface area contributed by atoms with Crippen LogP contribution in [-0.4, -0.2) is 18.2 Å². The Bertz CT molecular complexity index is 694. The second-order valence-electron chi connectivity index (χ2n) is 4.74. The molecular weight excluding hydrogens is 276 g/mol. The molecule has 0 spiro atoms. The fourth-order valence-electron chi connectivity index (χ4n) is 1.88. The highest BCUT2D eigenvalue weighted by Crippen LogP contribution is 2.13. The number of aryl methyl sites for hydroxylation is 1. The topological polar surface area (TPSA) is 90.0 Å². The summed E-state index contributed by atoms with van der Waals surface area (Å²) in [5.41, 5.74) is 1.95. The smallest absolute Gasteiger partial charge is 0.238 e. The van der Waals surface area contributed by atoms with E-state index in [1.807, 2.05) is 26.2 Å². The van der Waals surface area contributed by atoms with Gasteiger partial charge in [-0.1, -0.05) is 12.1 Å². The SMILES string of the molecule is CC(NCc1cccc(S(N)(=O)=O)c1)c1cnn(C)c1. The van der Waals surface area contributed by atoms with Gasteiger partial charge in [0.05, 0.1) is 11.1 Å². The van der Waals surface area contributed by atoms with Gasteiger partial charge in [-0.25, -0.2) is 13.6 Å². The molecule has 108 valence electrons. The molecule has 0 radical (unpaired) electrons. The Morgan fingerprint density at radius 2 is 2.20 bits per heavy atom. The highest BCUT2D eigenvalue weighted by molar-refractivity contribution is 7.89. The van der Waals surface area contributed by atoms with Crippen LogP contribution in [0.1, 0.15) is 24.1 Å². The van der Waals surface area contributed by atoms with Crippen molar-refractivity contribution in [3.63, 3.8) is 0 Å². The summed E-state index contributed by atoms with van der Waals surface area (Å²) in [4.78, 5) is 0.130. The molecule has 1 aromatic heterocycles. The summed E-state index contributed by atoms with van der Waals surface area (Å²) >= 11 is 0. The van der Waals surface area contributed by atoms with E-state index in [2.05, 4.69) is 10.4 Å². The molecule has 1 unspecified atom stereocenters. The summed E-state index contributed by atoms with van der Waals surface area (Å²) in [6, 6.07) is 6.74. The maximum atomic E-state index is 11.3. The Hall–Kier alpha value is -1.70. The molecule has 20 heavy (non-hydrogen) atoms. The van der Waals surface area contributed by atoms with E-state index < -0.39 is 10.0 Å². The summed E-state index contributed by atoms with van der Waals surface area (Å²) in [6.45, 7) is 2.58. The van der Waals surface area contributed by atoms with Crippen molar-refractivity contribution in [2.45, 2.75) is 24.4 Å². The molecule has 0 saturated heterocycles. The van der Waals surface area contributed by atoms with Crippen LogP contribution in [0, 0.1) is 0 Å². The molecule has 0 saturated carbocycles. The molecule has 0 aliphatic rings. The van der Waals surface area contributed by atoms with Crippen LogP contribution < -0.4 is 10.5 Å². The van der Waals surface area contributed by atoms with Crippen molar-refractivity contribution in [1.82, 2.24) is 15.1 Å². The van der Waals surface area contributed by atoms with E-state index in [1.54, 1.807) is 23.0 Å². The Balaban J connectivity index is 2.04.